The van der Waals surface area contributed by atoms with E-state index in [1.54, 1.807) is 0 Å². The molecule has 1 aliphatic rings. The Labute approximate surface area is 102 Å². The van der Waals surface area contributed by atoms with Gasteiger partial charge in [0, 0.05) is 22.9 Å². The molecular formula is C13H20N2S. The van der Waals surface area contributed by atoms with Crippen molar-refractivity contribution < 1.29 is 0 Å². The van der Waals surface area contributed by atoms with Gasteiger partial charge >= 0.3 is 0 Å². The van der Waals surface area contributed by atoms with E-state index in [4.69, 9.17) is 5.73 Å². The van der Waals surface area contributed by atoms with Gasteiger partial charge in [-0.25, -0.2) is 0 Å². The van der Waals surface area contributed by atoms with Crippen molar-refractivity contribution in [3.05, 3.63) is 24.0 Å². The quantitative estimate of drug-likeness (QED) is 0.814. The van der Waals surface area contributed by atoms with Crippen molar-refractivity contribution in [2.24, 2.45) is 11.7 Å². The zero-order valence-corrected chi connectivity index (χ0v) is 10.7. The molecule has 2 rings (SSSR count). The first-order chi connectivity index (χ1) is 7.75. The van der Waals surface area contributed by atoms with Gasteiger partial charge in [0.15, 0.2) is 0 Å². The summed E-state index contributed by atoms with van der Waals surface area (Å²) in [5, 5.41) is 0. The lowest BCUT2D eigenvalue weighted by molar-refractivity contribution is 0.623. The van der Waals surface area contributed by atoms with Crippen molar-refractivity contribution in [3.8, 4) is 0 Å². The molecule has 1 atom stereocenters. The minimum Gasteiger partial charge on any atom is -0.323 e. The van der Waals surface area contributed by atoms with Crippen molar-refractivity contribution in [1.82, 2.24) is 4.98 Å². The number of rotatable bonds is 4. The van der Waals surface area contributed by atoms with Crippen molar-refractivity contribution in [3.63, 3.8) is 0 Å². The molecule has 16 heavy (non-hydrogen) atoms. The average Bonchev–Trinajstić information content (AvgIpc) is 2.80. The molecule has 0 bridgehead atoms. The Bertz CT molecular complexity index is 315. The van der Waals surface area contributed by atoms with Gasteiger partial charge in [-0.3, -0.25) is 4.98 Å². The van der Waals surface area contributed by atoms with Gasteiger partial charge in [0.1, 0.15) is 0 Å². The molecule has 0 spiro atoms. The molecule has 0 aromatic carbocycles. The number of hydrogen-bond donors (Lipinski definition) is 1. The van der Waals surface area contributed by atoms with Crippen LogP contribution in [-0.2, 0) is 0 Å². The van der Waals surface area contributed by atoms with Crippen LogP contribution >= 0.6 is 11.8 Å². The molecule has 1 fully saturated rings. The first-order valence-corrected chi connectivity index (χ1v) is 7.08. The third-order valence-electron chi connectivity index (χ3n) is 3.19. The molecular weight excluding hydrogens is 216 g/mol. The van der Waals surface area contributed by atoms with Crippen molar-refractivity contribution >= 4 is 11.8 Å². The second-order valence-electron chi connectivity index (χ2n) is 4.67. The fourth-order valence-electron chi connectivity index (χ4n) is 2.14. The van der Waals surface area contributed by atoms with E-state index in [9.17, 15) is 0 Å². The molecule has 0 aliphatic heterocycles. The molecule has 0 amide bonds. The fourth-order valence-corrected chi connectivity index (χ4v) is 3.19. The Morgan fingerprint density at radius 2 is 2.19 bits per heavy atom. The molecule has 2 N–H and O–H groups in total. The van der Waals surface area contributed by atoms with E-state index >= 15 is 0 Å². The van der Waals surface area contributed by atoms with Crippen LogP contribution in [-0.4, -0.2) is 10.7 Å². The lowest BCUT2D eigenvalue weighted by Crippen LogP contribution is -2.06. The van der Waals surface area contributed by atoms with Crippen LogP contribution in [0.25, 0.3) is 0 Å². The summed E-state index contributed by atoms with van der Waals surface area (Å²) in [5.74, 6) is 2.18. The summed E-state index contributed by atoms with van der Waals surface area (Å²) in [5.41, 5.74) is 6.75. The van der Waals surface area contributed by atoms with Gasteiger partial charge < -0.3 is 5.73 Å². The zero-order valence-electron chi connectivity index (χ0n) is 9.86. The minimum absolute atomic E-state index is 0.0360. The van der Waals surface area contributed by atoms with Gasteiger partial charge in [-0.05, 0) is 37.8 Å². The summed E-state index contributed by atoms with van der Waals surface area (Å²) in [4.78, 5) is 5.65. The first-order valence-electron chi connectivity index (χ1n) is 6.10. The van der Waals surface area contributed by atoms with Crippen LogP contribution in [0.5, 0.6) is 0 Å². The summed E-state index contributed by atoms with van der Waals surface area (Å²) in [6.45, 7) is 1.97. The highest BCUT2D eigenvalue weighted by molar-refractivity contribution is 7.99. The predicted molar refractivity (Wildman–Crippen MR) is 69.5 cm³/mol. The molecule has 88 valence electrons. The molecule has 0 saturated heterocycles. The van der Waals surface area contributed by atoms with Crippen LogP contribution in [0, 0.1) is 5.92 Å². The predicted octanol–water partition coefficient (Wildman–Crippen LogP) is 3.38. The van der Waals surface area contributed by atoms with E-state index in [0.717, 1.165) is 11.6 Å². The van der Waals surface area contributed by atoms with Crippen LogP contribution in [0.4, 0.5) is 0 Å². The van der Waals surface area contributed by atoms with Crippen LogP contribution in [0.3, 0.4) is 0 Å². The van der Waals surface area contributed by atoms with E-state index in [1.807, 2.05) is 30.9 Å². The van der Waals surface area contributed by atoms with Crippen molar-refractivity contribution in [1.29, 1.82) is 0 Å². The smallest absolute Gasteiger partial charge is 0.0569 e. The maximum atomic E-state index is 5.77. The molecule has 3 heteroatoms. The number of thioether (sulfide) groups is 1. The Morgan fingerprint density at radius 3 is 2.75 bits per heavy atom. The second-order valence-corrected chi connectivity index (χ2v) is 5.76. The van der Waals surface area contributed by atoms with Gasteiger partial charge in [0.2, 0.25) is 0 Å². The van der Waals surface area contributed by atoms with Crippen LogP contribution < -0.4 is 5.73 Å². The SMILES string of the molecule is C[C@@H](N)c1ccc(SCC2CCCC2)cn1. The number of hydrogen-bond acceptors (Lipinski definition) is 3. The molecule has 0 unspecified atom stereocenters. The Balaban J connectivity index is 1.84. The summed E-state index contributed by atoms with van der Waals surface area (Å²) < 4.78 is 0. The molecule has 2 nitrogen and oxygen atoms in total. The van der Waals surface area contributed by atoms with Gasteiger partial charge in [0.25, 0.3) is 0 Å². The Kier molecular flexibility index (Phi) is 4.24. The lowest BCUT2D eigenvalue weighted by Gasteiger charge is -2.09. The highest BCUT2D eigenvalue weighted by Crippen LogP contribution is 2.30. The largest absolute Gasteiger partial charge is 0.323 e. The maximum Gasteiger partial charge on any atom is 0.0569 e. The third-order valence-corrected chi connectivity index (χ3v) is 4.40. The van der Waals surface area contributed by atoms with Gasteiger partial charge in [-0.15, -0.1) is 11.8 Å². The minimum atomic E-state index is 0.0360. The first kappa shape index (κ1) is 11.9. The van der Waals surface area contributed by atoms with Gasteiger partial charge in [-0.2, -0.15) is 0 Å². The highest BCUT2D eigenvalue weighted by Gasteiger charge is 2.14. The van der Waals surface area contributed by atoms with Gasteiger partial charge in [-0.1, -0.05) is 12.8 Å². The van der Waals surface area contributed by atoms with E-state index in [0.29, 0.717) is 0 Å². The molecule has 1 aliphatic carbocycles. The van der Waals surface area contributed by atoms with E-state index < -0.39 is 0 Å². The molecule has 1 saturated carbocycles. The van der Waals surface area contributed by atoms with E-state index in [2.05, 4.69) is 11.1 Å². The standard InChI is InChI=1S/C13H20N2S/c1-10(14)13-7-6-12(8-15-13)16-9-11-4-2-3-5-11/h6-8,10-11H,2-5,9,14H2,1H3/t10-/m1/s1. The average molecular weight is 236 g/mol. The maximum absolute atomic E-state index is 5.77. The summed E-state index contributed by atoms with van der Waals surface area (Å²) in [6.07, 6.45) is 7.63. The third kappa shape index (κ3) is 3.22. The molecule has 0 radical (unpaired) electrons. The molecule has 1 heterocycles. The Hall–Kier alpha value is -0.540. The monoisotopic (exact) mass is 236 g/mol. The molecule has 1 aromatic heterocycles. The Morgan fingerprint density at radius 1 is 1.44 bits per heavy atom. The van der Waals surface area contributed by atoms with Gasteiger partial charge in [0.05, 0.1) is 5.69 Å². The fraction of sp³-hybridized carbons (Fsp3) is 0.615. The number of pyridine rings is 1. The normalized spacial score (nSPS) is 18.9. The van der Waals surface area contributed by atoms with Crippen molar-refractivity contribution in [2.75, 3.05) is 5.75 Å². The summed E-state index contributed by atoms with van der Waals surface area (Å²) in [7, 11) is 0. The lowest BCUT2D eigenvalue weighted by atomic mass is 10.1. The van der Waals surface area contributed by atoms with Crippen LogP contribution in [0.1, 0.15) is 44.3 Å². The topological polar surface area (TPSA) is 38.9 Å². The van der Waals surface area contributed by atoms with Crippen molar-refractivity contribution in [2.45, 2.75) is 43.5 Å². The zero-order chi connectivity index (χ0) is 11.4. The van der Waals surface area contributed by atoms with Crippen LogP contribution in [0.15, 0.2) is 23.2 Å². The highest BCUT2D eigenvalue weighted by atomic mass is 32.2. The second kappa shape index (κ2) is 5.69. The summed E-state index contributed by atoms with van der Waals surface area (Å²) in [6, 6.07) is 4.22. The van der Waals surface area contributed by atoms with E-state index in [1.165, 1.54) is 36.3 Å². The van der Waals surface area contributed by atoms with Crippen LogP contribution in [0.2, 0.25) is 0 Å². The number of aromatic nitrogens is 1. The number of nitrogens with two attached hydrogens (primary N) is 1. The van der Waals surface area contributed by atoms with E-state index in [-0.39, 0.29) is 6.04 Å². The number of nitrogens with zero attached hydrogens (tertiary/aromatic N) is 1. The molecule has 1 aromatic rings. The summed E-state index contributed by atoms with van der Waals surface area (Å²) >= 11 is 1.93.